The molecule has 30 heavy (non-hydrogen) atoms. The Hall–Kier alpha value is -2.36. The van der Waals surface area contributed by atoms with Crippen molar-refractivity contribution >= 4 is 46.9 Å². The smallest absolute Gasteiger partial charge is 0.320 e. The Morgan fingerprint density at radius 3 is 2.70 bits per heavy atom. The Morgan fingerprint density at radius 1 is 1.20 bits per heavy atom. The predicted octanol–water partition coefficient (Wildman–Crippen LogP) is 0.866. The number of ether oxygens (including phenoxy) is 1. The summed E-state index contributed by atoms with van der Waals surface area (Å²) in [5, 5.41) is 3.64. The number of hydrogen-bond donors (Lipinski definition) is 2. The average Bonchev–Trinajstić information content (AvgIpc) is 2.65. The van der Waals surface area contributed by atoms with Crippen LogP contribution in [0.2, 0.25) is 10.0 Å². The molecular weight excluding hydrogens is 433 g/mol. The van der Waals surface area contributed by atoms with E-state index in [9.17, 15) is 14.4 Å². The lowest BCUT2D eigenvalue weighted by Crippen LogP contribution is -2.64. The summed E-state index contributed by atoms with van der Waals surface area (Å²) in [6.45, 7) is 1.55. The average molecular weight is 454 g/mol. The molecule has 0 bridgehead atoms. The summed E-state index contributed by atoms with van der Waals surface area (Å²) in [6.07, 6.45) is 0.602. The number of amidine groups is 1. The van der Waals surface area contributed by atoms with Crippen molar-refractivity contribution in [2.75, 3.05) is 32.8 Å². The molecule has 1 aromatic carbocycles. The normalized spacial score (nSPS) is 24.7. The van der Waals surface area contributed by atoms with Gasteiger partial charge in [0.05, 0.1) is 23.1 Å². The molecule has 0 aliphatic carbocycles. The van der Waals surface area contributed by atoms with Crippen LogP contribution in [0.4, 0.5) is 4.79 Å². The molecule has 0 spiro atoms. The third-order valence-corrected chi connectivity index (χ3v) is 6.08. The number of nitrogens with zero attached hydrogens (tertiary/aromatic N) is 3. The number of aliphatic imine (C=N–C) groups is 1. The van der Waals surface area contributed by atoms with Crippen LogP contribution in [0.5, 0.6) is 0 Å². The standard InChI is InChI=1S/C19H21Cl2N5O4/c20-11-1-2-12(13(21)5-11)17(22)24-18(28)10-6-26(7-10)19(29)25-4-3-15-14(8-25)23-16(27)9-30-15/h1-2,5,10,14-15H,3-4,6-9H2,(H,23,27)(H2,22,24,28)/t14-,15+/m1/s1. The number of morpholine rings is 1. The Bertz CT molecular complexity index is 918. The van der Waals surface area contributed by atoms with E-state index in [0.717, 1.165) is 0 Å². The van der Waals surface area contributed by atoms with E-state index >= 15 is 0 Å². The SMILES string of the molecule is NC(=NC(=O)C1CN(C(=O)N2CC[C@@H]3OCC(=O)N[C@@H]3C2)C1)c1ccc(Cl)cc1Cl. The first-order chi connectivity index (χ1) is 14.3. The molecule has 3 aliphatic heterocycles. The van der Waals surface area contributed by atoms with Gasteiger partial charge in [0.2, 0.25) is 5.91 Å². The molecule has 3 heterocycles. The Balaban J connectivity index is 1.31. The first-order valence-electron chi connectivity index (χ1n) is 9.60. The maximum Gasteiger partial charge on any atom is 0.320 e. The molecule has 3 fully saturated rings. The fourth-order valence-electron chi connectivity index (χ4n) is 3.83. The van der Waals surface area contributed by atoms with E-state index in [1.54, 1.807) is 21.9 Å². The maximum atomic E-state index is 12.7. The van der Waals surface area contributed by atoms with Crippen LogP contribution >= 0.6 is 23.2 Å². The summed E-state index contributed by atoms with van der Waals surface area (Å²) in [5.41, 5.74) is 6.35. The molecule has 0 radical (unpaired) electrons. The summed E-state index contributed by atoms with van der Waals surface area (Å²) < 4.78 is 5.51. The van der Waals surface area contributed by atoms with Gasteiger partial charge in [0, 0.05) is 36.8 Å². The molecule has 3 saturated heterocycles. The summed E-state index contributed by atoms with van der Waals surface area (Å²) in [5.74, 6) is -0.957. The van der Waals surface area contributed by atoms with E-state index in [4.69, 9.17) is 33.7 Å². The maximum absolute atomic E-state index is 12.7. The first-order valence-corrected chi connectivity index (χ1v) is 10.4. The van der Waals surface area contributed by atoms with Gasteiger partial charge in [-0.15, -0.1) is 0 Å². The van der Waals surface area contributed by atoms with Crippen LogP contribution in [-0.4, -0.2) is 78.4 Å². The number of nitrogens with two attached hydrogens (primary N) is 1. The molecule has 1 aromatic rings. The van der Waals surface area contributed by atoms with Crippen molar-refractivity contribution in [1.29, 1.82) is 0 Å². The number of carbonyl (C=O) groups is 3. The number of urea groups is 1. The van der Waals surface area contributed by atoms with Crippen LogP contribution < -0.4 is 11.1 Å². The van der Waals surface area contributed by atoms with E-state index in [0.29, 0.717) is 35.1 Å². The zero-order valence-electron chi connectivity index (χ0n) is 16.0. The molecule has 0 aromatic heterocycles. The van der Waals surface area contributed by atoms with E-state index < -0.39 is 11.8 Å². The molecule has 4 amide bonds. The fourth-order valence-corrected chi connectivity index (χ4v) is 4.34. The number of nitrogens with one attached hydrogen (secondary N) is 1. The summed E-state index contributed by atoms with van der Waals surface area (Å²) in [4.78, 5) is 43.9. The Labute approximate surface area is 183 Å². The monoisotopic (exact) mass is 453 g/mol. The van der Waals surface area contributed by atoms with Crippen LogP contribution in [0.25, 0.3) is 0 Å². The predicted molar refractivity (Wildman–Crippen MR) is 111 cm³/mol. The lowest BCUT2D eigenvalue weighted by molar-refractivity contribution is -0.140. The van der Waals surface area contributed by atoms with E-state index in [1.807, 2.05) is 0 Å². The number of amides is 4. The molecule has 11 heteroatoms. The van der Waals surface area contributed by atoms with Gasteiger partial charge in [-0.1, -0.05) is 23.2 Å². The number of benzene rings is 1. The Morgan fingerprint density at radius 2 is 1.97 bits per heavy atom. The van der Waals surface area contributed by atoms with E-state index in [1.165, 1.54) is 6.07 Å². The number of likely N-dealkylation sites (tertiary alicyclic amines) is 2. The van der Waals surface area contributed by atoms with Gasteiger partial charge < -0.3 is 25.6 Å². The highest BCUT2D eigenvalue weighted by Gasteiger charge is 2.41. The quantitative estimate of drug-likeness (QED) is 0.508. The highest BCUT2D eigenvalue weighted by Crippen LogP contribution is 2.24. The zero-order chi connectivity index (χ0) is 21.4. The molecule has 160 valence electrons. The van der Waals surface area contributed by atoms with Crippen LogP contribution in [0, 0.1) is 5.92 Å². The topological polar surface area (TPSA) is 117 Å². The van der Waals surface area contributed by atoms with Gasteiger partial charge in [-0.3, -0.25) is 9.59 Å². The minimum Gasteiger partial charge on any atom is -0.383 e. The highest BCUT2D eigenvalue weighted by atomic mass is 35.5. The number of rotatable bonds is 2. The van der Waals surface area contributed by atoms with Crippen molar-refractivity contribution in [2.24, 2.45) is 16.6 Å². The third-order valence-electron chi connectivity index (χ3n) is 5.53. The van der Waals surface area contributed by atoms with E-state index in [2.05, 4.69) is 10.3 Å². The molecule has 0 unspecified atom stereocenters. The van der Waals surface area contributed by atoms with Crippen molar-refractivity contribution in [1.82, 2.24) is 15.1 Å². The fraction of sp³-hybridized carbons (Fsp3) is 0.474. The van der Waals surface area contributed by atoms with Gasteiger partial charge in [-0.05, 0) is 24.6 Å². The molecule has 2 atom stereocenters. The summed E-state index contributed by atoms with van der Waals surface area (Å²) in [6, 6.07) is 4.39. The second-order valence-electron chi connectivity index (χ2n) is 7.60. The molecule has 3 N–H and O–H groups in total. The molecule has 3 aliphatic rings. The van der Waals surface area contributed by atoms with Gasteiger partial charge in [-0.25, -0.2) is 4.79 Å². The van der Waals surface area contributed by atoms with Gasteiger partial charge >= 0.3 is 6.03 Å². The molecule has 9 nitrogen and oxygen atoms in total. The van der Waals surface area contributed by atoms with Gasteiger partial charge in [0.25, 0.3) is 5.91 Å². The summed E-state index contributed by atoms with van der Waals surface area (Å²) >= 11 is 12.0. The number of hydrogen-bond acceptors (Lipinski definition) is 4. The second-order valence-corrected chi connectivity index (χ2v) is 8.45. The number of piperidine rings is 1. The van der Waals surface area contributed by atoms with Crippen molar-refractivity contribution in [2.45, 2.75) is 18.6 Å². The number of halogens is 2. The van der Waals surface area contributed by atoms with Crippen LogP contribution in [-0.2, 0) is 14.3 Å². The molecule has 4 rings (SSSR count). The van der Waals surface area contributed by atoms with Gasteiger partial charge in [0.1, 0.15) is 12.4 Å². The highest BCUT2D eigenvalue weighted by molar-refractivity contribution is 6.37. The minimum atomic E-state index is -0.408. The van der Waals surface area contributed by atoms with E-state index in [-0.39, 0.29) is 49.6 Å². The van der Waals surface area contributed by atoms with Crippen LogP contribution in [0.1, 0.15) is 12.0 Å². The lowest BCUT2D eigenvalue weighted by Gasteiger charge is -2.45. The minimum absolute atomic E-state index is 0.0153. The van der Waals surface area contributed by atoms with Crippen molar-refractivity contribution in [3.63, 3.8) is 0 Å². The number of fused-ring (bicyclic) bond motifs is 1. The van der Waals surface area contributed by atoms with Crippen molar-refractivity contribution in [3.8, 4) is 0 Å². The van der Waals surface area contributed by atoms with Crippen LogP contribution in [0.3, 0.4) is 0 Å². The Kier molecular flexibility index (Phi) is 5.86. The molecular formula is C19H21Cl2N5O4. The van der Waals surface area contributed by atoms with Gasteiger partial charge in [0.15, 0.2) is 0 Å². The van der Waals surface area contributed by atoms with Gasteiger partial charge in [-0.2, -0.15) is 4.99 Å². The second kappa shape index (κ2) is 8.41. The van der Waals surface area contributed by atoms with Crippen molar-refractivity contribution < 1.29 is 19.1 Å². The lowest BCUT2D eigenvalue weighted by atomic mass is 9.98. The van der Waals surface area contributed by atoms with Crippen LogP contribution in [0.15, 0.2) is 23.2 Å². The largest absolute Gasteiger partial charge is 0.383 e. The van der Waals surface area contributed by atoms with Crippen molar-refractivity contribution in [3.05, 3.63) is 33.8 Å². The number of carbonyl (C=O) groups excluding carboxylic acids is 3. The summed E-state index contributed by atoms with van der Waals surface area (Å²) in [7, 11) is 0. The zero-order valence-corrected chi connectivity index (χ0v) is 17.5. The molecule has 0 saturated carbocycles. The first kappa shape index (κ1) is 20.9. The third kappa shape index (κ3) is 4.23.